The molecule has 162 valence electrons. The highest BCUT2D eigenvalue weighted by Crippen LogP contribution is 2.23. The van der Waals surface area contributed by atoms with E-state index in [1.165, 1.54) is 7.11 Å². The molecule has 1 aromatic heterocycles. The van der Waals surface area contributed by atoms with E-state index < -0.39 is 5.97 Å². The van der Waals surface area contributed by atoms with Crippen LogP contribution >= 0.6 is 11.6 Å². The molecule has 0 unspecified atom stereocenters. The van der Waals surface area contributed by atoms with Gasteiger partial charge < -0.3 is 9.64 Å². The second-order valence-electron chi connectivity index (χ2n) is 7.87. The van der Waals surface area contributed by atoms with Crippen molar-refractivity contribution >= 4 is 34.4 Å². The van der Waals surface area contributed by atoms with Gasteiger partial charge in [-0.2, -0.15) is 0 Å². The van der Waals surface area contributed by atoms with Crippen LogP contribution < -0.4 is 10.5 Å². The fourth-order valence-electron chi connectivity index (χ4n) is 3.89. The maximum absolute atomic E-state index is 13.5. The fourth-order valence-corrected chi connectivity index (χ4v) is 4.02. The number of halogens is 1. The Morgan fingerprint density at radius 1 is 1.06 bits per heavy atom. The van der Waals surface area contributed by atoms with Gasteiger partial charge in [-0.15, -0.1) is 0 Å². The molecule has 31 heavy (non-hydrogen) atoms. The number of nitrogens with zero attached hydrogens (tertiary/aromatic N) is 4. The maximum Gasteiger partial charge on any atom is 0.337 e. The summed E-state index contributed by atoms with van der Waals surface area (Å²) in [6.07, 6.45) is 0. The lowest BCUT2D eigenvalue weighted by molar-refractivity contribution is 0.0601. The monoisotopic (exact) mass is 440 g/mol. The summed E-state index contributed by atoms with van der Waals surface area (Å²) in [7, 11) is 1.33. The van der Waals surface area contributed by atoms with Crippen LogP contribution in [0.15, 0.2) is 47.3 Å². The molecule has 0 saturated carbocycles. The van der Waals surface area contributed by atoms with E-state index in [1.54, 1.807) is 34.9 Å². The number of aromatic nitrogens is 2. The van der Waals surface area contributed by atoms with Crippen LogP contribution in [-0.2, 0) is 4.74 Å². The SMILES string of the molecule is COC(=O)c1ccc2c(=O)n(-c3ccc(Cl)cc3)c(N3CCN(C(C)C)CC3)nc2c1. The van der Waals surface area contributed by atoms with Crippen molar-refractivity contribution in [2.75, 3.05) is 38.2 Å². The highest BCUT2D eigenvalue weighted by molar-refractivity contribution is 6.30. The fraction of sp³-hybridized carbons (Fsp3) is 0.348. The second-order valence-corrected chi connectivity index (χ2v) is 8.31. The van der Waals surface area contributed by atoms with Crippen molar-refractivity contribution in [2.24, 2.45) is 0 Å². The summed E-state index contributed by atoms with van der Waals surface area (Å²) >= 11 is 6.07. The summed E-state index contributed by atoms with van der Waals surface area (Å²) in [6.45, 7) is 7.63. The zero-order chi connectivity index (χ0) is 22.1. The van der Waals surface area contributed by atoms with Crippen LogP contribution in [0.25, 0.3) is 16.6 Å². The van der Waals surface area contributed by atoms with Crippen LogP contribution in [-0.4, -0.2) is 59.8 Å². The number of hydrogen-bond donors (Lipinski definition) is 0. The summed E-state index contributed by atoms with van der Waals surface area (Å²) in [5, 5.41) is 1.03. The van der Waals surface area contributed by atoms with E-state index in [4.69, 9.17) is 21.3 Å². The van der Waals surface area contributed by atoms with Crippen LogP contribution in [0.1, 0.15) is 24.2 Å². The largest absolute Gasteiger partial charge is 0.465 e. The molecule has 0 aliphatic carbocycles. The number of ether oxygens (including phenoxy) is 1. The Kier molecular flexibility index (Phi) is 5.98. The molecule has 0 radical (unpaired) electrons. The van der Waals surface area contributed by atoms with Gasteiger partial charge in [0.25, 0.3) is 5.56 Å². The quantitative estimate of drug-likeness (QED) is 0.579. The van der Waals surface area contributed by atoms with Gasteiger partial charge in [0, 0.05) is 37.2 Å². The lowest BCUT2D eigenvalue weighted by Crippen LogP contribution is -2.50. The molecule has 1 fully saturated rings. The van der Waals surface area contributed by atoms with Gasteiger partial charge in [0.05, 0.1) is 29.3 Å². The number of hydrogen-bond acceptors (Lipinski definition) is 6. The summed E-state index contributed by atoms with van der Waals surface area (Å²) in [6, 6.07) is 12.4. The molecule has 4 rings (SSSR count). The second kappa shape index (κ2) is 8.69. The lowest BCUT2D eigenvalue weighted by Gasteiger charge is -2.38. The molecule has 0 spiro atoms. The van der Waals surface area contributed by atoms with Gasteiger partial charge in [0.2, 0.25) is 5.95 Å². The molecule has 1 aliphatic rings. The van der Waals surface area contributed by atoms with Gasteiger partial charge in [0.1, 0.15) is 0 Å². The van der Waals surface area contributed by atoms with Gasteiger partial charge in [0.15, 0.2) is 0 Å². The number of piperazine rings is 1. The van der Waals surface area contributed by atoms with Crippen molar-refractivity contribution < 1.29 is 9.53 Å². The van der Waals surface area contributed by atoms with Crippen molar-refractivity contribution in [2.45, 2.75) is 19.9 Å². The Labute approximate surface area is 185 Å². The number of rotatable bonds is 4. The van der Waals surface area contributed by atoms with E-state index in [1.807, 2.05) is 12.1 Å². The van der Waals surface area contributed by atoms with Gasteiger partial charge in [-0.1, -0.05) is 11.6 Å². The first-order chi connectivity index (χ1) is 14.9. The number of carbonyl (C=O) groups excluding carboxylic acids is 1. The average Bonchev–Trinajstić information content (AvgIpc) is 2.79. The zero-order valence-corrected chi connectivity index (χ0v) is 18.6. The summed E-state index contributed by atoms with van der Waals surface area (Å²) in [5.74, 6) is 0.0999. The van der Waals surface area contributed by atoms with Crippen molar-refractivity contribution in [3.05, 3.63) is 63.4 Å². The Bertz CT molecular complexity index is 1170. The molecule has 7 nitrogen and oxygen atoms in total. The molecular formula is C23H25ClN4O3. The number of methoxy groups -OCH3 is 1. The van der Waals surface area contributed by atoms with Crippen molar-refractivity contribution in [1.82, 2.24) is 14.5 Å². The van der Waals surface area contributed by atoms with Gasteiger partial charge >= 0.3 is 5.97 Å². The van der Waals surface area contributed by atoms with E-state index in [0.29, 0.717) is 39.2 Å². The summed E-state index contributed by atoms with van der Waals surface area (Å²) in [5.41, 5.74) is 1.34. The zero-order valence-electron chi connectivity index (χ0n) is 17.8. The van der Waals surface area contributed by atoms with Gasteiger partial charge in [-0.3, -0.25) is 9.69 Å². The van der Waals surface area contributed by atoms with Crippen LogP contribution in [0.2, 0.25) is 5.02 Å². The summed E-state index contributed by atoms with van der Waals surface area (Å²) < 4.78 is 6.45. The third-order valence-electron chi connectivity index (χ3n) is 5.69. The normalized spacial score (nSPS) is 14.9. The molecule has 0 bridgehead atoms. The Morgan fingerprint density at radius 3 is 2.35 bits per heavy atom. The van der Waals surface area contributed by atoms with E-state index >= 15 is 0 Å². The first kappa shape index (κ1) is 21.3. The molecule has 0 amide bonds. The Morgan fingerprint density at radius 2 is 1.74 bits per heavy atom. The number of esters is 1. The molecule has 0 N–H and O–H groups in total. The predicted octanol–water partition coefficient (Wildman–Crippen LogP) is 3.36. The third-order valence-corrected chi connectivity index (χ3v) is 5.94. The van der Waals surface area contributed by atoms with Crippen LogP contribution in [0.3, 0.4) is 0 Å². The Balaban J connectivity index is 1.88. The molecule has 8 heteroatoms. The van der Waals surface area contributed by atoms with E-state index in [2.05, 4.69) is 23.6 Å². The highest BCUT2D eigenvalue weighted by Gasteiger charge is 2.24. The van der Waals surface area contributed by atoms with Crippen molar-refractivity contribution in [3.63, 3.8) is 0 Å². The van der Waals surface area contributed by atoms with Crippen molar-refractivity contribution in [1.29, 1.82) is 0 Å². The first-order valence-electron chi connectivity index (χ1n) is 10.3. The number of benzene rings is 2. The number of anilines is 1. The molecule has 1 saturated heterocycles. The van der Waals surface area contributed by atoms with E-state index in [0.717, 1.165) is 26.2 Å². The Hall–Kier alpha value is -2.90. The van der Waals surface area contributed by atoms with Crippen LogP contribution in [0, 0.1) is 0 Å². The smallest absolute Gasteiger partial charge is 0.337 e. The topological polar surface area (TPSA) is 67.7 Å². The van der Waals surface area contributed by atoms with Gasteiger partial charge in [-0.25, -0.2) is 14.3 Å². The maximum atomic E-state index is 13.5. The molecule has 1 aliphatic heterocycles. The highest BCUT2D eigenvalue weighted by atomic mass is 35.5. The van der Waals surface area contributed by atoms with E-state index in [9.17, 15) is 9.59 Å². The molecule has 3 aromatic rings. The molecule has 0 atom stereocenters. The molecule has 2 aromatic carbocycles. The minimum absolute atomic E-state index is 0.190. The van der Waals surface area contributed by atoms with Crippen LogP contribution in [0.4, 0.5) is 5.95 Å². The first-order valence-corrected chi connectivity index (χ1v) is 10.7. The minimum atomic E-state index is -0.460. The lowest BCUT2D eigenvalue weighted by atomic mass is 10.1. The minimum Gasteiger partial charge on any atom is -0.465 e. The van der Waals surface area contributed by atoms with Crippen molar-refractivity contribution in [3.8, 4) is 5.69 Å². The average molecular weight is 441 g/mol. The number of carbonyl (C=O) groups is 1. The van der Waals surface area contributed by atoms with E-state index in [-0.39, 0.29) is 5.56 Å². The molecule has 2 heterocycles. The summed E-state index contributed by atoms with van der Waals surface area (Å²) in [4.78, 5) is 34.9. The van der Waals surface area contributed by atoms with Gasteiger partial charge in [-0.05, 0) is 56.3 Å². The predicted molar refractivity (Wildman–Crippen MR) is 123 cm³/mol. The third kappa shape index (κ3) is 4.16. The molecular weight excluding hydrogens is 416 g/mol. The van der Waals surface area contributed by atoms with Crippen LogP contribution in [0.5, 0.6) is 0 Å². The number of fused-ring (bicyclic) bond motifs is 1. The standard InChI is InChI=1S/C23H25ClN4O3/c1-15(2)26-10-12-27(13-11-26)23-25-20-14-16(22(30)31-3)4-9-19(20)21(29)28(23)18-7-5-17(24)6-8-18/h4-9,14-15H,10-13H2,1-3H3.